The van der Waals surface area contributed by atoms with Crippen LogP contribution < -0.4 is 10.1 Å². The van der Waals surface area contributed by atoms with E-state index in [1.165, 1.54) is 6.07 Å². The number of nitrogens with zero attached hydrogens (tertiary/aromatic N) is 3. The number of fused-ring (bicyclic) bond motifs is 1. The predicted molar refractivity (Wildman–Crippen MR) is 102 cm³/mol. The lowest BCUT2D eigenvalue weighted by molar-refractivity contribution is -0.141. The third-order valence-corrected chi connectivity index (χ3v) is 4.67. The summed E-state index contributed by atoms with van der Waals surface area (Å²) in [7, 11) is 0. The monoisotopic (exact) mass is 420 g/mol. The molecule has 158 valence electrons. The Labute approximate surface area is 169 Å². The van der Waals surface area contributed by atoms with E-state index in [0.29, 0.717) is 41.4 Å². The molecule has 1 saturated carbocycles. The molecule has 0 unspecified atom stereocenters. The van der Waals surface area contributed by atoms with Crippen LogP contribution in [0.1, 0.15) is 29.0 Å². The molecule has 0 aliphatic heterocycles. The molecule has 7 nitrogen and oxygen atoms in total. The number of carbonyl (C=O) groups is 1. The second kappa shape index (κ2) is 7.94. The Morgan fingerprint density at radius 3 is 2.80 bits per heavy atom. The number of ether oxygens (including phenoxy) is 1. The molecular formula is C20H19F3N4O3. The molecule has 1 aliphatic rings. The number of aliphatic hydroxyl groups excluding tert-OH is 1. The summed E-state index contributed by atoms with van der Waals surface area (Å²) in [5.41, 5.74) is -0.560. The summed E-state index contributed by atoms with van der Waals surface area (Å²) in [4.78, 5) is 16.0. The van der Waals surface area contributed by atoms with Crippen LogP contribution in [0.15, 0.2) is 36.5 Å². The standard InChI is InChI=1S/C20H19F3N4O3/c21-20(22,23)18-3-1-2-14(24-18)19(29)25-16-8-13-10-27(6-7-28)26-15(13)9-17(16)30-11-12-4-5-12/h1-3,8-10,12,28H,4-7,11H2,(H,25,29). The van der Waals surface area contributed by atoms with Crippen molar-refractivity contribution < 1.29 is 27.8 Å². The van der Waals surface area contributed by atoms with Gasteiger partial charge in [-0.25, -0.2) is 4.98 Å². The SMILES string of the molecule is O=C(Nc1cc2cn(CCO)nc2cc1OCC1CC1)c1cccc(C(F)(F)F)n1. The van der Waals surface area contributed by atoms with Gasteiger partial charge in [0.25, 0.3) is 5.91 Å². The van der Waals surface area contributed by atoms with Gasteiger partial charge in [-0.2, -0.15) is 18.3 Å². The number of aromatic nitrogens is 3. The first kappa shape index (κ1) is 20.1. The van der Waals surface area contributed by atoms with Crippen LogP contribution in [0, 0.1) is 5.92 Å². The van der Waals surface area contributed by atoms with E-state index in [1.54, 1.807) is 23.0 Å². The van der Waals surface area contributed by atoms with Crippen molar-refractivity contribution in [2.75, 3.05) is 18.5 Å². The van der Waals surface area contributed by atoms with Crippen LogP contribution >= 0.6 is 0 Å². The number of carbonyl (C=O) groups excluding carboxylic acids is 1. The van der Waals surface area contributed by atoms with Crippen molar-refractivity contribution >= 4 is 22.5 Å². The zero-order chi connectivity index (χ0) is 21.3. The van der Waals surface area contributed by atoms with Crippen molar-refractivity contribution in [2.24, 2.45) is 5.92 Å². The molecule has 0 spiro atoms. The maximum Gasteiger partial charge on any atom is 0.433 e. The Morgan fingerprint density at radius 1 is 1.30 bits per heavy atom. The van der Waals surface area contributed by atoms with Crippen LogP contribution in [0.2, 0.25) is 0 Å². The Hall–Kier alpha value is -3.14. The van der Waals surface area contributed by atoms with Gasteiger partial charge in [-0.15, -0.1) is 0 Å². The number of hydrogen-bond acceptors (Lipinski definition) is 5. The highest BCUT2D eigenvalue weighted by molar-refractivity contribution is 6.05. The van der Waals surface area contributed by atoms with Crippen molar-refractivity contribution in [3.05, 3.63) is 47.9 Å². The van der Waals surface area contributed by atoms with Crippen LogP contribution in [0.25, 0.3) is 10.9 Å². The molecule has 30 heavy (non-hydrogen) atoms. The van der Waals surface area contributed by atoms with E-state index in [1.807, 2.05) is 0 Å². The fraction of sp³-hybridized carbons (Fsp3) is 0.350. The number of alkyl halides is 3. The van der Waals surface area contributed by atoms with Crippen LogP contribution in [-0.4, -0.2) is 39.0 Å². The Bertz CT molecular complexity index is 1080. The molecule has 0 radical (unpaired) electrons. The summed E-state index contributed by atoms with van der Waals surface area (Å²) < 4.78 is 46.1. The molecule has 1 fully saturated rings. The van der Waals surface area contributed by atoms with Gasteiger partial charge in [0, 0.05) is 17.6 Å². The van der Waals surface area contributed by atoms with Gasteiger partial charge >= 0.3 is 6.18 Å². The number of hydrogen-bond donors (Lipinski definition) is 2. The summed E-state index contributed by atoms with van der Waals surface area (Å²) in [6.45, 7) is 0.708. The average molecular weight is 420 g/mol. The fourth-order valence-electron chi connectivity index (χ4n) is 2.94. The molecule has 1 amide bonds. The van der Waals surface area contributed by atoms with E-state index in [9.17, 15) is 18.0 Å². The second-order valence-corrected chi connectivity index (χ2v) is 7.14. The van der Waals surface area contributed by atoms with Crippen molar-refractivity contribution in [3.63, 3.8) is 0 Å². The van der Waals surface area contributed by atoms with Gasteiger partial charge in [0.05, 0.1) is 31.0 Å². The summed E-state index contributed by atoms with van der Waals surface area (Å²) in [5, 5.41) is 16.7. The van der Waals surface area contributed by atoms with E-state index in [4.69, 9.17) is 9.84 Å². The molecule has 2 N–H and O–H groups in total. The first-order valence-corrected chi connectivity index (χ1v) is 9.44. The maximum atomic E-state index is 12.9. The molecule has 2 heterocycles. The summed E-state index contributed by atoms with van der Waals surface area (Å²) in [5.74, 6) is 0.0600. The molecule has 1 aliphatic carbocycles. The third-order valence-electron chi connectivity index (χ3n) is 4.67. The van der Waals surface area contributed by atoms with Crippen LogP contribution in [0.4, 0.5) is 18.9 Å². The summed E-state index contributed by atoms with van der Waals surface area (Å²) >= 11 is 0. The molecule has 10 heteroatoms. The van der Waals surface area contributed by atoms with E-state index < -0.39 is 17.8 Å². The van der Waals surface area contributed by atoms with Crippen LogP contribution in [0.5, 0.6) is 5.75 Å². The Kier molecular flexibility index (Phi) is 5.33. The fourth-order valence-corrected chi connectivity index (χ4v) is 2.94. The Balaban J connectivity index is 1.63. The number of amides is 1. The minimum absolute atomic E-state index is 0.0795. The number of nitrogens with one attached hydrogen (secondary N) is 1. The molecule has 4 rings (SSSR count). The molecule has 1 aromatic carbocycles. The largest absolute Gasteiger partial charge is 0.491 e. The van der Waals surface area contributed by atoms with Gasteiger partial charge in [-0.3, -0.25) is 9.48 Å². The van der Waals surface area contributed by atoms with Crippen molar-refractivity contribution in [1.82, 2.24) is 14.8 Å². The lowest BCUT2D eigenvalue weighted by Gasteiger charge is -2.13. The Morgan fingerprint density at radius 2 is 2.10 bits per heavy atom. The molecule has 0 atom stereocenters. The van der Waals surface area contributed by atoms with Crippen molar-refractivity contribution in [3.8, 4) is 5.75 Å². The van der Waals surface area contributed by atoms with E-state index in [0.717, 1.165) is 25.0 Å². The number of halogens is 3. The van der Waals surface area contributed by atoms with Crippen molar-refractivity contribution in [1.29, 1.82) is 0 Å². The smallest absolute Gasteiger partial charge is 0.433 e. The van der Waals surface area contributed by atoms with Gasteiger partial charge in [-0.05, 0) is 37.0 Å². The second-order valence-electron chi connectivity index (χ2n) is 7.14. The molecule has 3 aromatic rings. The number of anilines is 1. The first-order chi connectivity index (χ1) is 14.3. The highest BCUT2D eigenvalue weighted by Crippen LogP contribution is 2.34. The number of pyridine rings is 1. The highest BCUT2D eigenvalue weighted by atomic mass is 19.4. The molecule has 0 saturated heterocycles. The molecule has 0 bridgehead atoms. The molecular weight excluding hydrogens is 401 g/mol. The first-order valence-electron chi connectivity index (χ1n) is 9.44. The number of aliphatic hydroxyl groups is 1. The highest BCUT2D eigenvalue weighted by Gasteiger charge is 2.33. The minimum Gasteiger partial charge on any atom is -0.491 e. The van der Waals surface area contributed by atoms with Crippen LogP contribution in [0.3, 0.4) is 0 Å². The topological polar surface area (TPSA) is 89.3 Å². The van der Waals surface area contributed by atoms with Gasteiger partial charge in [0.15, 0.2) is 0 Å². The minimum atomic E-state index is -4.64. The quantitative estimate of drug-likeness (QED) is 0.611. The van der Waals surface area contributed by atoms with E-state index >= 15 is 0 Å². The normalized spacial score (nSPS) is 14.1. The zero-order valence-corrected chi connectivity index (χ0v) is 15.8. The lowest BCUT2D eigenvalue weighted by atomic mass is 10.2. The van der Waals surface area contributed by atoms with E-state index in [-0.39, 0.29) is 12.3 Å². The lowest BCUT2D eigenvalue weighted by Crippen LogP contribution is -2.17. The van der Waals surface area contributed by atoms with Gasteiger partial charge in [0.1, 0.15) is 17.1 Å². The number of rotatable bonds is 7. The maximum absolute atomic E-state index is 12.9. The zero-order valence-electron chi connectivity index (χ0n) is 15.8. The molecule has 2 aromatic heterocycles. The van der Waals surface area contributed by atoms with Gasteiger partial charge in [0.2, 0.25) is 0 Å². The average Bonchev–Trinajstić information content (AvgIpc) is 3.45. The van der Waals surface area contributed by atoms with Crippen molar-refractivity contribution in [2.45, 2.75) is 25.6 Å². The van der Waals surface area contributed by atoms with Gasteiger partial charge in [-0.1, -0.05) is 6.07 Å². The summed E-state index contributed by atoms with van der Waals surface area (Å²) in [6, 6.07) is 6.47. The van der Waals surface area contributed by atoms with E-state index in [2.05, 4.69) is 15.4 Å². The van der Waals surface area contributed by atoms with Crippen LogP contribution in [-0.2, 0) is 12.7 Å². The third kappa shape index (κ3) is 4.54. The number of benzene rings is 1. The van der Waals surface area contributed by atoms with Gasteiger partial charge < -0.3 is 15.2 Å². The predicted octanol–water partition coefficient (Wildman–Crippen LogP) is 3.48. The summed E-state index contributed by atoms with van der Waals surface area (Å²) in [6.07, 6.45) is -0.796.